The molecule has 1 saturated carbocycles. The summed E-state index contributed by atoms with van der Waals surface area (Å²) < 4.78 is 19.6. The molecule has 1 aromatic rings. The van der Waals surface area contributed by atoms with E-state index in [1.54, 1.807) is 6.92 Å². The number of hydrogen-bond donors (Lipinski definition) is 2. The average molecular weight is 315 g/mol. The lowest BCUT2D eigenvalue weighted by Crippen LogP contribution is -2.45. The van der Waals surface area contributed by atoms with Gasteiger partial charge in [0, 0.05) is 6.21 Å². The molecule has 0 amide bonds. The minimum Gasteiger partial charge on any atom is -0.282 e. The molecule has 120 valence electrons. The number of halogens is 1. The molecule has 1 aliphatic heterocycles. The number of rotatable bonds is 6. The van der Waals surface area contributed by atoms with E-state index in [-0.39, 0.29) is 5.82 Å². The van der Waals surface area contributed by atoms with E-state index in [0.717, 1.165) is 18.4 Å². The van der Waals surface area contributed by atoms with Crippen LogP contribution in [-0.4, -0.2) is 12.1 Å². The summed E-state index contributed by atoms with van der Waals surface area (Å²) in [5.74, 6) is -1.09. The first kappa shape index (κ1) is 15.5. The number of allylic oxidation sites excluding steroid dienone is 1. The van der Waals surface area contributed by atoms with E-state index in [0.29, 0.717) is 12.5 Å². The van der Waals surface area contributed by atoms with Gasteiger partial charge in [-0.1, -0.05) is 36.8 Å². The Hall–Kier alpha value is -2.39. The molecule has 3 rings (SSSR count). The third kappa shape index (κ3) is 4.08. The zero-order chi connectivity index (χ0) is 16.1. The van der Waals surface area contributed by atoms with Crippen LogP contribution in [0.1, 0.15) is 31.7 Å². The lowest BCUT2D eigenvalue weighted by molar-refractivity contribution is -0.0291. The summed E-state index contributed by atoms with van der Waals surface area (Å²) in [6.07, 6.45) is 5.34. The van der Waals surface area contributed by atoms with Gasteiger partial charge in [-0.15, -0.1) is 0 Å². The summed E-state index contributed by atoms with van der Waals surface area (Å²) in [7, 11) is 0. The second-order valence-corrected chi connectivity index (χ2v) is 5.88. The van der Waals surface area contributed by atoms with Crippen LogP contribution in [0.5, 0.6) is 0 Å². The van der Waals surface area contributed by atoms with Gasteiger partial charge in [0.15, 0.2) is 5.82 Å². The molecular weight excluding hydrogens is 295 g/mol. The zero-order valence-electron chi connectivity index (χ0n) is 13.1. The Morgan fingerprint density at radius 2 is 2.26 bits per heavy atom. The maximum absolute atomic E-state index is 13.8. The van der Waals surface area contributed by atoms with Gasteiger partial charge in [-0.05, 0) is 29.2 Å². The molecule has 1 aliphatic carbocycles. The Morgan fingerprint density at radius 1 is 1.48 bits per heavy atom. The molecule has 23 heavy (non-hydrogen) atoms. The quantitative estimate of drug-likeness (QED) is 0.625. The normalized spacial score (nSPS) is 23.9. The van der Waals surface area contributed by atoms with Gasteiger partial charge in [0.1, 0.15) is 0 Å². The summed E-state index contributed by atoms with van der Waals surface area (Å²) in [6, 6.07) is 12.1. The van der Waals surface area contributed by atoms with Gasteiger partial charge in [-0.2, -0.15) is 9.49 Å². The maximum Gasteiger partial charge on any atom is 0.465 e. The van der Waals surface area contributed by atoms with Gasteiger partial charge >= 0.3 is 11.9 Å². The van der Waals surface area contributed by atoms with E-state index >= 15 is 0 Å². The van der Waals surface area contributed by atoms with Crippen LogP contribution in [0.4, 0.5) is 4.39 Å². The summed E-state index contributed by atoms with van der Waals surface area (Å²) >= 11 is 0. The number of nitrogens with zero attached hydrogens (tertiary/aromatic N) is 2. The highest BCUT2D eigenvalue weighted by Gasteiger charge is 2.41. The number of hydrazone groups is 1. The van der Waals surface area contributed by atoms with Crippen LogP contribution in [0, 0.1) is 12.0 Å². The van der Waals surface area contributed by atoms with Gasteiger partial charge in [0.25, 0.3) is 5.83 Å². The zero-order valence-corrected chi connectivity index (χ0v) is 13.1. The smallest absolute Gasteiger partial charge is 0.282 e. The molecule has 5 nitrogen and oxygen atoms in total. The molecule has 6 heteroatoms. The van der Waals surface area contributed by atoms with Gasteiger partial charge in [0.05, 0.1) is 13.5 Å². The molecule has 2 aliphatic rings. The molecule has 0 radical (unpaired) electrons. The minimum absolute atomic E-state index is 0.117. The van der Waals surface area contributed by atoms with Crippen LogP contribution in [0.25, 0.3) is 4.85 Å². The highest BCUT2D eigenvalue weighted by Crippen LogP contribution is 2.24. The molecule has 1 heterocycles. The van der Waals surface area contributed by atoms with Gasteiger partial charge < -0.3 is 0 Å². The van der Waals surface area contributed by atoms with E-state index < -0.39 is 11.7 Å². The van der Waals surface area contributed by atoms with Crippen molar-refractivity contribution in [3.05, 3.63) is 52.4 Å². The molecule has 0 spiro atoms. The van der Waals surface area contributed by atoms with E-state index in [1.165, 1.54) is 6.42 Å². The van der Waals surface area contributed by atoms with Crippen molar-refractivity contribution in [3.63, 3.8) is 0 Å². The molecule has 2 N–H and O–H groups in total. The molecule has 1 fully saturated rings. The monoisotopic (exact) mass is 315 g/mol. The van der Waals surface area contributed by atoms with E-state index in [2.05, 4.69) is 26.8 Å². The van der Waals surface area contributed by atoms with Crippen LogP contribution in [-0.2, 0) is 11.3 Å². The fourth-order valence-corrected chi connectivity index (χ4v) is 2.27. The van der Waals surface area contributed by atoms with Gasteiger partial charge in [0.2, 0.25) is 0 Å². The number of hydrogen-bond acceptors (Lipinski definition) is 4. The van der Waals surface area contributed by atoms with Gasteiger partial charge in [-0.3, -0.25) is 15.5 Å². The molecule has 1 atom stereocenters. The Bertz CT molecular complexity index is 673. The Balaban J connectivity index is 1.58. The summed E-state index contributed by atoms with van der Waals surface area (Å²) in [6.45, 7) is 2.07. The topological polar surface area (TPSA) is 50.0 Å². The minimum atomic E-state index is -1.08. The lowest BCUT2D eigenvalue weighted by Gasteiger charge is -2.21. The van der Waals surface area contributed by atoms with Crippen molar-refractivity contribution >= 4 is 6.21 Å². The molecule has 0 aromatic heterocycles. The van der Waals surface area contributed by atoms with Crippen LogP contribution in [0.2, 0.25) is 0 Å². The van der Waals surface area contributed by atoms with E-state index in [1.807, 2.05) is 36.5 Å². The van der Waals surface area contributed by atoms with Crippen LogP contribution >= 0.6 is 0 Å². The van der Waals surface area contributed by atoms with E-state index in [4.69, 9.17) is 4.74 Å². The second kappa shape index (κ2) is 6.80. The number of ether oxygens (including phenoxy) is 1. The Kier molecular flexibility index (Phi) is 4.58. The maximum atomic E-state index is 13.8. The first-order valence-electron chi connectivity index (χ1n) is 7.77. The number of nitrogens with one attached hydrogen (secondary N) is 2. The van der Waals surface area contributed by atoms with Crippen molar-refractivity contribution in [1.82, 2.24) is 10.7 Å². The summed E-state index contributed by atoms with van der Waals surface area (Å²) in [5, 5.41) is 6.97. The van der Waals surface area contributed by atoms with Crippen molar-refractivity contribution in [1.29, 1.82) is 0 Å². The van der Waals surface area contributed by atoms with Crippen molar-refractivity contribution in [2.45, 2.75) is 38.6 Å². The standard InChI is InChI=1S/C17H19FN4O/c1-17(23-12-14-6-3-2-4-7-14)19-11-15(18)16(21-17)22-20-10-13-8-5-9-13/h2-4,6-7,10,13H,5,8-9,12H2,1H3,(H,21,22)/p+1/b20-10+. The van der Waals surface area contributed by atoms with Crippen molar-refractivity contribution in [2.24, 2.45) is 11.0 Å². The molecule has 1 unspecified atom stereocenters. The second-order valence-electron chi connectivity index (χ2n) is 5.88. The van der Waals surface area contributed by atoms with Crippen molar-refractivity contribution in [3.8, 4) is 6.07 Å². The third-order valence-electron chi connectivity index (χ3n) is 3.92. The van der Waals surface area contributed by atoms with Crippen LogP contribution in [0.3, 0.4) is 0 Å². The molecule has 0 saturated heterocycles. The fourth-order valence-electron chi connectivity index (χ4n) is 2.27. The van der Waals surface area contributed by atoms with Crippen LogP contribution < -0.4 is 10.7 Å². The van der Waals surface area contributed by atoms with Crippen LogP contribution in [0.15, 0.2) is 47.1 Å². The van der Waals surface area contributed by atoms with Crippen molar-refractivity contribution < 1.29 is 9.13 Å². The fraction of sp³-hybridized carbons (Fsp3) is 0.412. The Morgan fingerprint density at radius 3 is 2.96 bits per heavy atom. The highest BCUT2D eigenvalue weighted by molar-refractivity contribution is 5.61. The Labute approximate surface area is 135 Å². The summed E-state index contributed by atoms with van der Waals surface area (Å²) in [4.78, 5) is 3.97. The average Bonchev–Trinajstić information content (AvgIpc) is 2.52. The largest absolute Gasteiger partial charge is 0.465 e. The predicted octanol–water partition coefficient (Wildman–Crippen LogP) is 3.33. The highest BCUT2D eigenvalue weighted by atomic mass is 19.1. The summed E-state index contributed by atoms with van der Waals surface area (Å²) in [5.41, 5.74) is 3.70. The lowest BCUT2D eigenvalue weighted by atomic mass is 9.87. The van der Waals surface area contributed by atoms with E-state index in [9.17, 15) is 4.39 Å². The van der Waals surface area contributed by atoms with Crippen molar-refractivity contribution in [2.75, 3.05) is 0 Å². The molecule has 1 aromatic carbocycles. The third-order valence-corrected chi connectivity index (χ3v) is 3.92. The van der Waals surface area contributed by atoms with Gasteiger partial charge in [-0.25, -0.2) is 0 Å². The predicted molar refractivity (Wildman–Crippen MR) is 87.1 cm³/mol. The SMILES string of the molecule is CC1(OCc2ccccc2)[N+]#CC(F)=C(N/N=C/C2CCC2)N1. The molecule has 0 bridgehead atoms. The number of benzene rings is 1. The first-order chi connectivity index (χ1) is 11.1. The molecular formula is C17H20FN4O+. The first-order valence-corrected chi connectivity index (χ1v) is 7.77.